The number of hydrazine groups is 1. The van der Waals surface area contributed by atoms with Crippen LogP contribution >= 0.6 is 0 Å². The Morgan fingerprint density at radius 3 is 2.48 bits per heavy atom. The van der Waals surface area contributed by atoms with E-state index in [0.29, 0.717) is 28.8 Å². The number of aliphatic imine (C=N–C) groups is 1. The number of allylic oxidation sites excluding steroid dienone is 1. The molecule has 2 fully saturated rings. The number of nitrogens with zero attached hydrogens (tertiary/aromatic N) is 5. The topological polar surface area (TPSA) is 78.3 Å². The summed E-state index contributed by atoms with van der Waals surface area (Å²) < 4.78 is 0. The van der Waals surface area contributed by atoms with E-state index in [1.807, 2.05) is 80.4 Å². The van der Waals surface area contributed by atoms with Gasteiger partial charge in [-0.1, -0.05) is 57.4 Å². The van der Waals surface area contributed by atoms with Crippen LogP contribution in [0.15, 0.2) is 79.1 Å². The molecule has 0 amide bonds. The highest BCUT2D eigenvalue weighted by molar-refractivity contribution is 5.84. The highest BCUT2D eigenvalue weighted by Crippen LogP contribution is 2.37. The van der Waals surface area contributed by atoms with Crippen LogP contribution in [0.25, 0.3) is 23.0 Å². The smallest absolute Gasteiger partial charge is 0.160 e. The van der Waals surface area contributed by atoms with E-state index < -0.39 is 0 Å². The molecule has 2 aromatic heterocycles. The van der Waals surface area contributed by atoms with Gasteiger partial charge in [0.15, 0.2) is 11.6 Å². The molecule has 0 unspecified atom stereocenters. The van der Waals surface area contributed by atoms with Crippen LogP contribution < -0.4 is 26.3 Å². The van der Waals surface area contributed by atoms with E-state index in [-0.39, 0.29) is 0 Å². The summed E-state index contributed by atoms with van der Waals surface area (Å²) in [7, 11) is 0. The first-order valence-electron chi connectivity index (χ1n) is 14.9. The molecule has 0 radical (unpaired) electrons. The second-order valence-corrected chi connectivity index (χ2v) is 11.7. The minimum atomic E-state index is 0.568. The maximum absolute atomic E-state index is 4.87. The number of benzene rings is 1. The fourth-order valence-electron chi connectivity index (χ4n) is 5.16. The van der Waals surface area contributed by atoms with Crippen LogP contribution in [0.3, 0.4) is 0 Å². The van der Waals surface area contributed by atoms with Crippen LogP contribution in [0.2, 0.25) is 0 Å². The van der Waals surface area contributed by atoms with Gasteiger partial charge >= 0.3 is 0 Å². The second-order valence-electron chi connectivity index (χ2n) is 11.7. The number of anilines is 1. The summed E-state index contributed by atoms with van der Waals surface area (Å²) in [6, 6.07) is 13.7. The van der Waals surface area contributed by atoms with E-state index in [2.05, 4.69) is 47.7 Å². The van der Waals surface area contributed by atoms with Crippen molar-refractivity contribution in [2.24, 2.45) is 16.3 Å². The van der Waals surface area contributed by atoms with E-state index in [4.69, 9.17) is 9.97 Å². The molecule has 2 aliphatic rings. The van der Waals surface area contributed by atoms with Crippen LogP contribution in [-0.4, -0.2) is 33.9 Å². The van der Waals surface area contributed by atoms with Gasteiger partial charge < -0.3 is 5.32 Å². The van der Waals surface area contributed by atoms with Gasteiger partial charge in [0, 0.05) is 35.4 Å². The molecule has 7 heteroatoms. The highest BCUT2D eigenvalue weighted by atomic mass is 15.5. The van der Waals surface area contributed by atoms with E-state index in [1.54, 1.807) is 12.4 Å². The van der Waals surface area contributed by atoms with Gasteiger partial charge in [0.2, 0.25) is 0 Å². The molecule has 0 bridgehead atoms. The molecular weight excluding hydrogens is 518 g/mol. The second kappa shape index (κ2) is 14.2. The summed E-state index contributed by atoms with van der Waals surface area (Å²) in [5.74, 6) is 2.49. The van der Waals surface area contributed by atoms with E-state index in [0.717, 1.165) is 27.5 Å². The van der Waals surface area contributed by atoms with E-state index in [9.17, 15) is 0 Å². The zero-order valence-electron chi connectivity index (χ0n) is 25.8. The van der Waals surface area contributed by atoms with Gasteiger partial charge in [-0.15, -0.1) is 0 Å². The van der Waals surface area contributed by atoms with Gasteiger partial charge in [-0.25, -0.2) is 19.9 Å². The fraction of sp³-hybridized carbons (Fsp3) is 0.371. The molecule has 3 heterocycles. The summed E-state index contributed by atoms with van der Waals surface area (Å²) in [6.45, 7) is 20.9. The van der Waals surface area contributed by atoms with Crippen molar-refractivity contribution in [3.8, 4) is 11.4 Å². The normalized spacial score (nSPS) is 17.5. The lowest BCUT2D eigenvalue weighted by Crippen LogP contribution is -2.36. The van der Waals surface area contributed by atoms with Gasteiger partial charge in [0.1, 0.15) is 5.84 Å². The number of pyridine rings is 1. The predicted octanol–water partition coefficient (Wildman–Crippen LogP) is 5.99. The lowest BCUT2D eigenvalue weighted by Gasteiger charge is -2.29. The first kappa shape index (κ1) is 30.8. The number of aryl methyl sites for hydroxylation is 1. The average Bonchev–Trinajstić information content (AvgIpc) is 3.83. The van der Waals surface area contributed by atoms with Crippen LogP contribution in [0.1, 0.15) is 59.1 Å². The molecule has 220 valence electrons. The zero-order chi connectivity index (χ0) is 30.1. The Balaban J connectivity index is 0.000000437. The summed E-state index contributed by atoms with van der Waals surface area (Å²) >= 11 is 0. The first-order valence-corrected chi connectivity index (χ1v) is 14.9. The van der Waals surface area contributed by atoms with Crippen molar-refractivity contribution in [3.05, 3.63) is 90.4 Å². The maximum Gasteiger partial charge on any atom is 0.160 e. The number of aromatic nitrogens is 3. The highest BCUT2D eigenvalue weighted by Gasteiger charge is 2.25. The Labute approximate surface area is 250 Å². The molecule has 1 aliphatic carbocycles. The van der Waals surface area contributed by atoms with Crippen molar-refractivity contribution in [2.75, 3.05) is 18.1 Å². The van der Waals surface area contributed by atoms with Crippen molar-refractivity contribution in [1.82, 2.24) is 25.7 Å². The molecule has 1 saturated heterocycles. The molecule has 1 aromatic carbocycles. The zero-order valence-corrected chi connectivity index (χ0v) is 25.8. The minimum Gasteiger partial charge on any atom is -0.316 e. The van der Waals surface area contributed by atoms with Gasteiger partial charge in [0.25, 0.3) is 0 Å². The van der Waals surface area contributed by atoms with Crippen LogP contribution in [0.5, 0.6) is 0 Å². The van der Waals surface area contributed by atoms with Crippen molar-refractivity contribution in [1.29, 1.82) is 0 Å². The number of rotatable bonds is 7. The number of hydrogen-bond donors (Lipinski definition) is 2. The van der Waals surface area contributed by atoms with Crippen molar-refractivity contribution in [3.63, 3.8) is 0 Å². The lowest BCUT2D eigenvalue weighted by molar-refractivity contribution is 0.265. The largest absolute Gasteiger partial charge is 0.316 e. The van der Waals surface area contributed by atoms with Crippen molar-refractivity contribution in [2.45, 2.75) is 60.3 Å². The minimum absolute atomic E-state index is 0.568. The van der Waals surface area contributed by atoms with E-state index in [1.165, 1.54) is 44.3 Å². The fourth-order valence-corrected chi connectivity index (χ4v) is 5.16. The van der Waals surface area contributed by atoms with Crippen LogP contribution in [0, 0.1) is 18.3 Å². The van der Waals surface area contributed by atoms with Gasteiger partial charge in [-0.3, -0.25) is 10.4 Å². The number of piperidine rings is 1. The summed E-state index contributed by atoms with van der Waals surface area (Å²) in [4.78, 5) is 18.8. The Hall–Kier alpha value is -4.10. The van der Waals surface area contributed by atoms with Crippen LogP contribution in [0.4, 0.5) is 11.5 Å². The Kier molecular flexibility index (Phi) is 10.4. The van der Waals surface area contributed by atoms with Crippen molar-refractivity contribution >= 4 is 29.0 Å². The molecule has 0 spiro atoms. The third-order valence-corrected chi connectivity index (χ3v) is 7.51. The first-order chi connectivity index (χ1) is 20.2. The van der Waals surface area contributed by atoms with Gasteiger partial charge in [-0.2, -0.15) is 0 Å². The summed E-state index contributed by atoms with van der Waals surface area (Å²) in [5, 5.41) is 7.24. The summed E-state index contributed by atoms with van der Waals surface area (Å²) in [5.41, 5.74) is 7.85. The standard InChI is InChI=1S/C28H30N6.C7H15N/c1-6-24(21-14-15-21)27-19(4)30-28(32-25(27)7-2)22-16-17-29-26(18-22)31-20(5)33-34(8-3)23-12-10-9-11-13-23;1-7(2)4-3-5-8-6-7/h6-13,16-18,21H,1,3,14-15H2,2,4-5H3,(H,29,31,33);8H,3-6H2,1-2H3/b25-7+,27-24+;. The maximum atomic E-state index is 4.87. The summed E-state index contributed by atoms with van der Waals surface area (Å²) in [6.07, 6.45) is 12.6. The third kappa shape index (κ3) is 8.23. The molecule has 2 N–H and O–H groups in total. The number of nitrogens with one attached hydrogen (secondary N) is 2. The molecular formula is C35H45N7. The molecule has 5 rings (SSSR count). The van der Waals surface area contributed by atoms with Gasteiger partial charge in [-0.05, 0) is 94.2 Å². The molecule has 7 nitrogen and oxygen atoms in total. The molecule has 3 aromatic rings. The molecule has 1 aliphatic heterocycles. The molecule has 42 heavy (non-hydrogen) atoms. The van der Waals surface area contributed by atoms with Crippen molar-refractivity contribution < 1.29 is 0 Å². The SMILES string of the molecule is C=C/C(=c1/c(C)nc(-c2ccnc(N=C(C)NN(C=C)c3ccccc3)c2)n/c1=C/C)C1CC1.CC1(C)CCCNC1. The molecule has 0 atom stereocenters. The lowest BCUT2D eigenvalue weighted by atomic mass is 9.85. The Morgan fingerprint density at radius 1 is 1.14 bits per heavy atom. The van der Waals surface area contributed by atoms with Gasteiger partial charge in [0.05, 0.1) is 11.0 Å². The van der Waals surface area contributed by atoms with E-state index >= 15 is 0 Å². The van der Waals surface area contributed by atoms with Crippen LogP contribution in [-0.2, 0) is 0 Å². The Morgan fingerprint density at radius 2 is 1.90 bits per heavy atom. The number of amidine groups is 1. The number of para-hydroxylation sites is 1. The quantitative estimate of drug-likeness (QED) is 0.209. The average molecular weight is 564 g/mol. The third-order valence-electron chi connectivity index (χ3n) is 7.51. The molecule has 1 saturated carbocycles. The predicted molar refractivity (Wildman–Crippen MR) is 177 cm³/mol. The monoisotopic (exact) mass is 563 g/mol. The number of hydrogen-bond acceptors (Lipinski definition) is 6. The Bertz CT molecular complexity index is 1530.